The summed E-state index contributed by atoms with van der Waals surface area (Å²) >= 11 is 1.77. The van der Waals surface area contributed by atoms with Crippen LogP contribution in [0, 0.1) is 19.4 Å². The summed E-state index contributed by atoms with van der Waals surface area (Å²) in [5.74, 6) is -0.104. The summed E-state index contributed by atoms with van der Waals surface area (Å²) in [6.45, 7) is 12.9. The minimum absolute atomic E-state index is 0. The molecule has 0 aliphatic rings. The first kappa shape index (κ1) is 27.0. The van der Waals surface area contributed by atoms with Gasteiger partial charge in [0.2, 0.25) is 0 Å². The summed E-state index contributed by atoms with van der Waals surface area (Å²) < 4.78 is 7.50. The number of aryl methyl sites for hydroxylation is 1. The molecule has 169 valence electrons. The molecule has 0 bridgehead atoms. The van der Waals surface area contributed by atoms with Gasteiger partial charge in [-0.15, -0.1) is 11.8 Å². The van der Waals surface area contributed by atoms with E-state index in [9.17, 15) is 9.90 Å². The number of hydrogen-bond acceptors (Lipinski definition) is 3. The molecule has 6 heteroatoms. The smallest absolute Gasteiger partial charge is 0.309 e. The van der Waals surface area contributed by atoms with Crippen molar-refractivity contribution < 1.29 is 47.3 Å². The third-order valence-corrected chi connectivity index (χ3v) is 6.59. The largest absolute Gasteiger partial charge is 0.665 e. The molecule has 1 N–H and O–H groups in total. The van der Waals surface area contributed by atoms with E-state index in [1.807, 2.05) is 18.2 Å². The molecule has 2 aromatic carbocycles. The second-order valence-corrected chi connectivity index (χ2v) is 11.6. The molecule has 0 amide bonds. The van der Waals surface area contributed by atoms with Crippen LogP contribution in [0.3, 0.4) is 0 Å². The summed E-state index contributed by atoms with van der Waals surface area (Å²) in [6.07, 6.45) is 0.432. The molecule has 3 aromatic rings. The summed E-state index contributed by atoms with van der Waals surface area (Å²) in [5, 5.41) is 10.9. The zero-order valence-corrected chi connectivity index (χ0v) is 23.5. The van der Waals surface area contributed by atoms with Crippen molar-refractivity contribution in [2.75, 3.05) is 0 Å². The van der Waals surface area contributed by atoms with Crippen molar-refractivity contribution >= 4 is 28.6 Å². The molecule has 0 atom stereocenters. The van der Waals surface area contributed by atoms with Gasteiger partial charge in [0, 0.05) is 71.9 Å². The van der Waals surface area contributed by atoms with Gasteiger partial charge in [-0.1, -0.05) is 50.6 Å². The molecule has 0 saturated carbocycles. The van der Waals surface area contributed by atoms with Crippen molar-refractivity contribution in [2.45, 2.75) is 64.2 Å². The molecule has 0 spiro atoms. The van der Waals surface area contributed by atoms with Crippen LogP contribution < -0.4 is 4.74 Å². The molecule has 1 aromatic heterocycles. The van der Waals surface area contributed by atoms with Gasteiger partial charge < -0.3 is 14.4 Å². The standard InChI is InChI=1S/C26H32NO3S.Y/c1-17-8-10-18(11-9-17)16-27-21-13-12-19(30-7)14-20(21)23(31-25(2,3)4)22(27)15-26(5,6)24(28)29;/h8-14H,7,15-16H2,1-6H3,(H,28,29);/q-1;. The molecule has 1 heterocycles. The second kappa shape index (κ2) is 10.3. The van der Waals surface area contributed by atoms with Gasteiger partial charge in [-0.3, -0.25) is 4.79 Å². The molecule has 4 nitrogen and oxygen atoms in total. The van der Waals surface area contributed by atoms with E-state index >= 15 is 0 Å². The van der Waals surface area contributed by atoms with Gasteiger partial charge in [-0.05, 0) is 44.5 Å². The molecule has 32 heavy (non-hydrogen) atoms. The van der Waals surface area contributed by atoms with E-state index in [2.05, 4.69) is 63.6 Å². The van der Waals surface area contributed by atoms with Gasteiger partial charge in [0.1, 0.15) is 0 Å². The van der Waals surface area contributed by atoms with E-state index in [-0.39, 0.29) is 37.5 Å². The van der Waals surface area contributed by atoms with Gasteiger partial charge in [0.15, 0.2) is 0 Å². The predicted octanol–water partition coefficient (Wildman–Crippen LogP) is 6.71. The van der Waals surface area contributed by atoms with E-state index in [1.165, 1.54) is 11.1 Å². The maximum atomic E-state index is 12.0. The minimum Gasteiger partial charge on any atom is -0.665 e. The van der Waals surface area contributed by atoms with Crippen LogP contribution >= 0.6 is 11.8 Å². The van der Waals surface area contributed by atoms with Crippen molar-refractivity contribution in [3.8, 4) is 5.75 Å². The normalized spacial score (nSPS) is 12.0. The molecular weight excluding hydrogens is 495 g/mol. The Morgan fingerprint density at radius 1 is 1.09 bits per heavy atom. The molecular formula is C26H32NO3SY-. The Morgan fingerprint density at radius 2 is 1.72 bits per heavy atom. The quantitative estimate of drug-likeness (QED) is 0.274. The zero-order chi connectivity index (χ0) is 23.0. The van der Waals surface area contributed by atoms with Crippen LogP contribution in [0.1, 0.15) is 51.4 Å². The number of fused-ring (bicyclic) bond motifs is 1. The summed E-state index contributed by atoms with van der Waals surface area (Å²) in [5.41, 5.74) is 3.63. The van der Waals surface area contributed by atoms with Crippen LogP contribution in [-0.2, 0) is 50.5 Å². The Labute approximate surface area is 221 Å². The first-order valence-electron chi connectivity index (χ1n) is 10.5. The predicted molar refractivity (Wildman–Crippen MR) is 129 cm³/mol. The number of ether oxygens (including phenoxy) is 1. The van der Waals surface area contributed by atoms with Gasteiger partial charge in [-0.2, -0.15) is 7.11 Å². The maximum absolute atomic E-state index is 12.0. The Morgan fingerprint density at radius 3 is 2.25 bits per heavy atom. The number of carboxylic acid groups (broad SMARTS) is 1. The van der Waals surface area contributed by atoms with Crippen LogP contribution in [0.4, 0.5) is 0 Å². The molecule has 1 radical (unpaired) electrons. The fraction of sp³-hybridized carbons (Fsp3) is 0.385. The number of aliphatic carboxylic acids is 1. The number of aromatic nitrogens is 1. The molecule has 0 unspecified atom stereocenters. The Balaban J connectivity index is 0.00000363. The SMILES string of the molecule is [CH2-]Oc1ccc2c(c1)c(SC(C)(C)C)c(CC(C)(C)C(=O)O)n2Cc1ccc(C)cc1.[Y]. The monoisotopic (exact) mass is 527 g/mol. The van der Waals surface area contributed by atoms with Crippen molar-refractivity contribution in [1.29, 1.82) is 0 Å². The average Bonchev–Trinajstić information content (AvgIpc) is 2.94. The number of rotatable bonds is 7. The van der Waals surface area contributed by atoms with Crippen LogP contribution in [0.5, 0.6) is 5.75 Å². The van der Waals surface area contributed by atoms with Crippen molar-refractivity contribution in [1.82, 2.24) is 4.57 Å². The molecule has 0 aliphatic heterocycles. The van der Waals surface area contributed by atoms with Gasteiger partial charge in [0.05, 0.1) is 11.2 Å². The first-order valence-corrected chi connectivity index (χ1v) is 11.3. The van der Waals surface area contributed by atoms with E-state index in [0.29, 0.717) is 18.7 Å². The maximum Gasteiger partial charge on any atom is 0.309 e. The van der Waals surface area contributed by atoms with Gasteiger partial charge >= 0.3 is 5.97 Å². The number of thioether (sulfide) groups is 1. The van der Waals surface area contributed by atoms with E-state index in [4.69, 9.17) is 4.74 Å². The summed E-state index contributed by atoms with van der Waals surface area (Å²) in [4.78, 5) is 13.1. The minimum atomic E-state index is -0.891. The Hall–Kier alpha value is -1.30. The number of carboxylic acids is 1. The van der Waals surface area contributed by atoms with Crippen LogP contribution in [0.15, 0.2) is 47.4 Å². The number of carbonyl (C=O) groups is 1. The van der Waals surface area contributed by atoms with Gasteiger partial charge in [-0.25, -0.2) is 0 Å². The number of benzene rings is 2. The van der Waals surface area contributed by atoms with Crippen LogP contribution in [-0.4, -0.2) is 20.4 Å². The Bertz CT molecular complexity index is 1090. The first-order chi connectivity index (χ1) is 14.4. The van der Waals surface area contributed by atoms with E-state index in [1.54, 1.807) is 25.6 Å². The topological polar surface area (TPSA) is 51.5 Å². The van der Waals surface area contributed by atoms with Crippen molar-refractivity contribution in [3.05, 3.63) is 66.4 Å². The molecule has 0 aliphatic carbocycles. The van der Waals surface area contributed by atoms with Crippen LogP contribution in [0.2, 0.25) is 0 Å². The molecule has 0 fully saturated rings. The zero-order valence-electron chi connectivity index (χ0n) is 19.9. The van der Waals surface area contributed by atoms with Crippen molar-refractivity contribution in [3.63, 3.8) is 0 Å². The Kier molecular flexibility index (Phi) is 8.69. The van der Waals surface area contributed by atoms with E-state index < -0.39 is 11.4 Å². The number of nitrogens with zero attached hydrogens (tertiary/aromatic N) is 1. The fourth-order valence-corrected chi connectivity index (χ4v) is 4.78. The van der Waals surface area contributed by atoms with E-state index in [0.717, 1.165) is 21.5 Å². The van der Waals surface area contributed by atoms with Gasteiger partial charge in [0.25, 0.3) is 0 Å². The second-order valence-electron chi connectivity index (χ2n) is 9.75. The number of hydrogen-bond donors (Lipinski definition) is 1. The molecule has 0 saturated heterocycles. The van der Waals surface area contributed by atoms with Crippen molar-refractivity contribution in [2.24, 2.45) is 5.41 Å². The fourth-order valence-electron chi connectivity index (χ4n) is 3.59. The average molecular weight is 528 g/mol. The summed E-state index contributed by atoms with van der Waals surface area (Å²) in [6, 6.07) is 14.5. The van der Waals surface area contributed by atoms with Crippen LogP contribution in [0.25, 0.3) is 10.9 Å². The third-order valence-electron chi connectivity index (χ3n) is 5.32. The molecule has 3 rings (SSSR count). The summed E-state index contributed by atoms with van der Waals surface area (Å²) in [7, 11) is 3.56. The third kappa shape index (κ3) is 6.18.